The van der Waals surface area contributed by atoms with E-state index >= 15 is 0 Å². The second kappa shape index (κ2) is 5.77. The summed E-state index contributed by atoms with van der Waals surface area (Å²) >= 11 is 0. The molecular weight excluding hydrogens is 240 g/mol. The fourth-order valence-electron chi connectivity index (χ4n) is 2.08. The maximum Gasteiger partial charge on any atom is 0.233 e. The number of aryl methyl sites for hydroxylation is 2. The van der Waals surface area contributed by atoms with Gasteiger partial charge in [-0.15, -0.1) is 10.2 Å². The van der Waals surface area contributed by atoms with Gasteiger partial charge in [-0.2, -0.15) is 0 Å². The molecule has 0 aliphatic rings. The van der Waals surface area contributed by atoms with Crippen LogP contribution in [0.5, 0.6) is 5.88 Å². The predicted molar refractivity (Wildman–Crippen MR) is 73.7 cm³/mol. The summed E-state index contributed by atoms with van der Waals surface area (Å²) in [5.74, 6) is 6.15. The fourth-order valence-corrected chi connectivity index (χ4v) is 2.08. The average molecular weight is 258 g/mol. The van der Waals surface area contributed by atoms with Crippen LogP contribution in [0.15, 0.2) is 30.3 Å². The van der Waals surface area contributed by atoms with E-state index in [1.165, 1.54) is 11.1 Å². The van der Waals surface area contributed by atoms with Gasteiger partial charge in [0.2, 0.25) is 5.88 Å². The number of benzene rings is 1. The first-order valence-electron chi connectivity index (χ1n) is 6.06. The minimum Gasteiger partial charge on any atom is -0.480 e. The summed E-state index contributed by atoms with van der Waals surface area (Å²) in [6, 6.07) is 9.69. The van der Waals surface area contributed by atoms with Gasteiger partial charge in [0, 0.05) is 6.07 Å². The van der Waals surface area contributed by atoms with Gasteiger partial charge < -0.3 is 4.74 Å². The van der Waals surface area contributed by atoms with Crippen molar-refractivity contribution >= 4 is 0 Å². The molecule has 3 N–H and O–H groups in total. The second-order valence-corrected chi connectivity index (χ2v) is 4.46. The summed E-state index contributed by atoms with van der Waals surface area (Å²) in [4.78, 5) is 0. The summed E-state index contributed by atoms with van der Waals surface area (Å²) in [6.07, 6.45) is 0. The van der Waals surface area contributed by atoms with Crippen LogP contribution in [-0.2, 0) is 0 Å². The molecule has 5 heteroatoms. The van der Waals surface area contributed by atoms with Gasteiger partial charge in [-0.1, -0.05) is 23.8 Å². The zero-order valence-electron chi connectivity index (χ0n) is 11.3. The number of hydrazine groups is 1. The largest absolute Gasteiger partial charge is 0.480 e. The van der Waals surface area contributed by atoms with Gasteiger partial charge in [0.25, 0.3) is 0 Å². The second-order valence-electron chi connectivity index (χ2n) is 4.46. The number of nitrogens with two attached hydrogens (primary N) is 1. The molecule has 1 unspecified atom stereocenters. The van der Waals surface area contributed by atoms with Crippen LogP contribution in [0, 0.1) is 13.8 Å². The molecule has 0 saturated carbocycles. The predicted octanol–water partition coefficient (Wildman–Crippen LogP) is 1.65. The minimum absolute atomic E-state index is 0.181. The Bertz CT molecular complexity index is 554. The van der Waals surface area contributed by atoms with Crippen LogP contribution in [0.1, 0.15) is 28.4 Å². The lowest BCUT2D eigenvalue weighted by atomic mass is 9.97. The summed E-state index contributed by atoms with van der Waals surface area (Å²) in [7, 11) is 1.56. The molecule has 19 heavy (non-hydrogen) atoms. The minimum atomic E-state index is -0.181. The van der Waals surface area contributed by atoms with Gasteiger partial charge in [0.15, 0.2) is 0 Å². The molecule has 0 saturated heterocycles. The van der Waals surface area contributed by atoms with E-state index in [0.717, 1.165) is 11.3 Å². The Morgan fingerprint density at radius 1 is 1.16 bits per heavy atom. The van der Waals surface area contributed by atoms with Crippen molar-refractivity contribution in [1.82, 2.24) is 15.6 Å². The molecule has 0 spiro atoms. The Morgan fingerprint density at radius 2 is 1.95 bits per heavy atom. The number of methoxy groups -OCH3 is 1. The van der Waals surface area contributed by atoms with E-state index in [0.29, 0.717) is 5.88 Å². The van der Waals surface area contributed by atoms with Crippen LogP contribution in [0.25, 0.3) is 0 Å². The van der Waals surface area contributed by atoms with Crippen molar-refractivity contribution < 1.29 is 4.74 Å². The van der Waals surface area contributed by atoms with Crippen molar-refractivity contribution in [3.05, 3.63) is 52.7 Å². The Morgan fingerprint density at radius 3 is 2.47 bits per heavy atom. The van der Waals surface area contributed by atoms with Gasteiger partial charge in [0.05, 0.1) is 18.8 Å². The maximum absolute atomic E-state index is 5.67. The number of nitrogens with one attached hydrogen (secondary N) is 1. The van der Waals surface area contributed by atoms with Crippen molar-refractivity contribution in [1.29, 1.82) is 0 Å². The van der Waals surface area contributed by atoms with Gasteiger partial charge in [-0.3, -0.25) is 5.84 Å². The third kappa shape index (κ3) is 2.89. The van der Waals surface area contributed by atoms with E-state index in [4.69, 9.17) is 10.6 Å². The highest BCUT2D eigenvalue weighted by Crippen LogP contribution is 2.23. The van der Waals surface area contributed by atoms with Crippen molar-refractivity contribution in [2.75, 3.05) is 7.11 Å². The fraction of sp³-hybridized carbons (Fsp3) is 0.286. The van der Waals surface area contributed by atoms with E-state index in [9.17, 15) is 0 Å². The Hall–Kier alpha value is -1.98. The van der Waals surface area contributed by atoms with E-state index in [-0.39, 0.29) is 6.04 Å². The molecule has 0 aliphatic heterocycles. The summed E-state index contributed by atoms with van der Waals surface area (Å²) < 4.78 is 5.00. The smallest absolute Gasteiger partial charge is 0.233 e. The molecule has 2 aromatic rings. The number of hydrogen-bond donors (Lipinski definition) is 2. The summed E-state index contributed by atoms with van der Waals surface area (Å²) in [5.41, 5.74) is 7.03. The van der Waals surface area contributed by atoms with E-state index < -0.39 is 0 Å². The van der Waals surface area contributed by atoms with Crippen molar-refractivity contribution in [3.8, 4) is 5.88 Å². The molecule has 5 nitrogen and oxygen atoms in total. The molecule has 1 aromatic heterocycles. The first kappa shape index (κ1) is 13.5. The number of nitrogens with zero attached hydrogens (tertiary/aromatic N) is 2. The highest BCUT2D eigenvalue weighted by molar-refractivity contribution is 5.36. The van der Waals surface area contributed by atoms with Crippen LogP contribution < -0.4 is 16.0 Å². The molecule has 2 rings (SSSR count). The third-order valence-electron chi connectivity index (χ3n) is 3.07. The average Bonchev–Trinajstić information content (AvgIpc) is 2.42. The quantitative estimate of drug-likeness (QED) is 0.644. The van der Waals surface area contributed by atoms with E-state index in [2.05, 4.69) is 47.7 Å². The zero-order chi connectivity index (χ0) is 13.8. The normalized spacial score (nSPS) is 12.2. The monoisotopic (exact) mass is 258 g/mol. The number of aromatic nitrogens is 2. The van der Waals surface area contributed by atoms with Gasteiger partial charge >= 0.3 is 0 Å². The van der Waals surface area contributed by atoms with Crippen LogP contribution in [0.2, 0.25) is 0 Å². The maximum atomic E-state index is 5.67. The molecular formula is C14H18N4O. The van der Waals surface area contributed by atoms with E-state index in [1.54, 1.807) is 13.2 Å². The summed E-state index contributed by atoms with van der Waals surface area (Å²) in [5, 5.41) is 8.11. The van der Waals surface area contributed by atoms with Gasteiger partial charge in [-0.25, -0.2) is 5.43 Å². The first-order valence-corrected chi connectivity index (χ1v) is 6.06. The zero-order valence-corrected chi connectivity index (χ0v) is 11.3. The van der Waals surface area contributed by atoms with Gasteiger partial charge in [0.1, 0.15) is 0 Å². The van der Waals surface area contributed by atoms with Crippen LogP contribution in [0.4, 0.5) is 0 Å². The van der Waals surface area contributed by atoms with Crippen molar-refractivity contribution in [2.45, 2.75) is 19.9 Å². The lowest BCUT2D eigenvalue weighted by Gasteiger charge is -2.18. The number of hydrogen-bond acceptors (Lipinski definition) is 5. The molecule has 0 bridgehead atoms. The molecule has 1 heterocycles. The molecule has 0 amide bonds. The standard InChI is InChI=1S/C14H18N4O/c1-9-4-5-11(10(2)8-9)14(16-15)12-6-7-13(19-3)18-17-12/h4-8,14,16H,15H2,1-3H3. The van der Waals surface area contributed by atoms with Crippen LogP contribution in [-0.4, -0.2) is 17.3 Å². The summed E-state index contributed by atoms with van der Waals surface area (Å²) in [6.45, 7) is 4.12. The number of rotatable bonds is 4. The third-order valence-corrected chi connectivity index (χ3v) is 3.07. The molecule has 1 aromatic carbocycles. The lowest BCUT2D eigenvalue weighted by Crippen LogP contribution is -2.30. The van der Waals surface area contributed by atoms with E-state index in [1.807, 2.05) is 6.07 Å². The molecule has 0 aliphatic carbocycles. The Kier molecular flexibility index (Phi) is 4.09. The highest BCUT2D eigenvalue weighted by Gasteiger charge is 2.16. The Labute approximate surface area is 112 Å². The lowest BCUT2D eigenvalue weighted by molar-refractivity contribution is 0.390. The van der Waals surface area contributed by atoms with Crippen molar-refractivity contribution in [3.63, 3.8) is 0 Å². The van der Waals surface area contributed by atoms with Crippen LogP contribution >= 0.6 is 0 Å². The van der Waals surface area contributed by atoms with Crippen LogP contribution in [0.3, 0.4) is 0 Å². The van der Waals surface area contributed by atoms with Gasteiger partial charge in [-0.05, 0) is 31.0 Å². The topological polar surface area (TPSA) is 73.1 Å². The van der Waals surface area contributed by atoms with Crippen molar-refractivity contribution in [2.24, 2.45) is 5.84 Å². The molecule has 1 atom stereocenters. The number of ether oxygens (including phenoxy) is 1. The SMILES string of the molecule is COc1ccc(C(NN)c2ccc(C)cc2C)nn1. The molecule has 0 radical (unpaired) electrons. The Balaban J connectivity index is 2.37. The first-order chi connectivity index (χ1) is 9.15. The molecule has 100 valence electrons. The molecule has 0 fully saturated rings. The highest BCUT2D eigenvalue weighted by atomic mass is 16.5.